The van der Waals surface area contributed by atoms with Crippen LogP contribution >= 0.6 is 39.1 Å². The van der Waals surface area contributed by atoms with E-state index >= 15 is 0 Å². The van der Waals surface area contributed by atoms with Crippen LogP contribution < -0.4 is 20.1 Å². The number of carbonyl (C=O) groups is 1. The van der Waals surface area contributed by atoms with Gasteiger partial charge in [0, 0.05) is 39.4 Å². The van der Waals surface area contributed by atoms with Crippen molar-refractivity contribution in [3.63, 3.8) is 0 Å². The Morgan fingerprint density at radius 3 is 2.27 bits per heavy atom. The van der Waals surface area contributed by atoms with E-state index in [9.17, 15) is 4.79 Å². The molecular formula is C25H25BrCl2N2O3. The molecule has 0 aliphatic carbocycles. The third-order valence-electron chi connectivity index (χ3n) is 4.89. The van der Waals surface area contributed by atoms with Gasteiger partial charge in [0.25, 0.3) is 0 Å². The molecule has 33 heavy (non-hydrogen) atoms. The third-order valence-corrected chi connectivity index (χ3v) is 6.18. The zero-order valence-corrected chi connectivity index (χ0v) is 21.6. The summed E-state index contributed by atoms with van der Waals surface area (Å²) in [6.07, 6.45) is 0. The Kier molecular flexibility index (Phi) is 8.89. The molecule has 0 spiro atoms. The van der Waals surface area contributed by atoms with E-state index in [1.165, 1.54) is 0 Å². The fourth-order valence-electron chi connectivity index (χ4n) is 2.99. The highest BCUT2D eigenvalue weighted by molar-refractivity contribution is 9.10. The van der Waals surface area contributed by atoms with Crippen molar-refractivity contribution in [3.05, 3.63) is 80.2 Å². The summed E-state index contributed by atoms with van der Waals surface area (Å²) in [7, 11) is 1.60. The number of anilines is 2. The number of benzene rings is 3. The van der Waals surface area contributed by atoms with Crippen molar-refractivity contribution in [2.45, 2.75) is 27.0 Å². The fourth-order valence-corrected chi connectivity index (χ4v) is 4.10. The maximum absolute atomic E-state index is 11.8. The lowest BCUT2D eigenvalue weighted by molar-refractivity contribution is -0.118. The van der Waals surface area contributed by atoms with Gasteiger partial charge in [-0.15, -0.1) is 0 Å². The van der Waals surface area contributed by atoms with E-state index in [2.05, 4.69) is 26.6 Å². The lowest BCUT2D eigenvalue weighted by Gasteiger charge is -2.16. The molecule has 174 valence electrons. The minimum atomic E-state index is -0.0650. The van der Waals surface area contributed by atoms with Gasteiger partial charge in [-0.05, 0) is 70.0 Å². The van der Waals surface area contributed by atoms with Gasteiger partial charge >= 0.3 is 0 Å². The highest BCUT2D eigenvalue weighted by Crippen LogP contribution is 2.38. The summed E-state index contributed by atoms with van der Waals surface area (Å²) in [5, 5.41) is 7.35. The van der Waals surface area contributed by atoms with Crippen LogP contribution in [0, 0.1) is 5.92 Å². The van der Waals surface area contributed by atoms with Crippen molar-refractivity contribution < 1.29 is 14.3 Å². The van der Waals surface area contributed by atoms with Gasteiger partial charge in [-0.25, -0.2) is 0 Å². The largest absolute Gasteiger partial charge is 0.493 e. The van der Waals surface area contributed by atoms with E-state index in [4.69, 9.17) is 32.7 Å². The van der Waals surface area contributed by atoms with Crippen LogP contribution in [0.15, 0.2) is 59.1 Å². The van der Waals surface area contributed by atoms with Crippen molar-refractivity contribution in [2.24, 2.45) is 5.92 Å². The number of hydrogen-bond acceptors (Lipinski definition) is 4. The Hall–Kier alpha value is -2.41. The topological polar surface area (TPSA) is 59.6 Å². The molecule has 0 saturated heterocycles. The van der Waals surface area contributed by atoms with Crippen LogP contribution in [0.2, 0.25) is 10.0 Å². The third kappa shape index (κ3) is 6.79. The molecule has 5 nitrogen and oxygen atoms in total. The summed E-state index contributed by atoms with van der Waals surface area (Å²) >= 11 is 16.1. The number of carbonyl (C=O) groups excluding carboxylic acids is 1. The van der Waals surface area contributed by atoms with Gasteiger partial charge < -0.3 is 20.1 Å². The first kappa shape index (κ1) is 25.2. The molecule has 0 atom stereocenters. The molecule has 8 heteroatoms. The van der Waals surface area contributed by atoms with E-state index in [1.54, 1.807) is 25.3 Å². The van der Waals surface area contributed by atoms with Crippen molar-refractivity contribution in [2.75, 3.05) is 17.7 Å². The van der Waals surface area contributed by atoms with E-state index < -0.39 is 0 Å². The Morgan fingerprint density at radius 1 is 1.03 bits per heavy atom. The summed E-state index contributed by atoms with van der Waals surface area (Å²) < 4.78 is 12.3. The molecule has 0 unspecified atom stereocenters. The molecule has 0 aliphatic heterocycles. The van der Waals surface area contributed by atoms with Crippen molar-refractivity contribution in [3.8, 4) is 11.5 Å². The van der Waals surface area contributed by atoms with Gasteiger partial charge in [-0.3, -0.25) is 4.79 Å². The SMILES string of the molecule is COc1cc(CNc2ccc(NC(=O)C(C)C)cc2)cc(Br)c1OCc1c(Cl)cccc1Cl. The zero-order chi connectivity index (χ0) is 24.0. The molecular weight excluding hydrogens is 527 g/mol. The second kappa shape index (κ2) is 11.6. The van der Waals surface area contributed by atoms with Gasteiger partial charge in [-0.1, -0.05) is 43.1 Å². The van der Waals surface area contributed by atoms with Gasteiger partial charge in [-0.2, -0.15) is 0 Å². The molecule has 3 rings (SSSR count). The van der Waals surface area contributed by atoms with Crippen molar-refractivity contribution in [1.29, 1.82) is 0 Å². The van der Waals surface area contributed by atoms with Gasteiger partial charge in [0.1, 0.15) is 6.61 Å². The maximum Gasteiger partial charge on any atom is 0.226 e. The maximum atomic E-state index is 11.8. The number of nitrogens with one attached hydrogen (secondary N) is 2. The highest BCUT2D eigenvalue weighted by Gasteiger charge is 2.14. The normalized spacial score (nSPS) is 10.8. The van der Waals surface area contributed by atoms with Gasteiger partial charge in [0.2, 0.25) is 5.91 Å². The zero-order valence-electron chi connectivity index (χ0n) is 18.5. The monoisotopic (exact) mass is 550 g/mol. The minimum absolute atomic E-state index is 0.00762. The van der Waals surface area contributed by atoms with Crippen LogP contribution in [0.1, 0.15) is 25.0 Å². The smallest absolute Gasteiger partial charge is 0.226 e. The van der Waals surface area contributed by atoms with Crippen LogP contribution in [0.4, 0.5) is 11.4 Å². The summed E-state index contributed by atoms with van der Waals surface area (Å²) in [5.74, 6) is 1.09. The minimum Gasteiger partial charge on any atom is -0.493 e. The number of methoxy groups -OCH3 is 1. The lowest BCUT2D eigenvalue weighted by Crippen LogP contribution is -2.17. The van der Waals surface area contributed by atoms with Crippen molar-refractivity contribution >= 4 is 56.4 Å². The molecule has 2 N–H and O–H groups in total. The predicted octanol–water partition coefficient (Wildman–Crippen LogP) is 7.55. The Morgan fingerprint density at radius 2 is 1.67 bits per heavy atom. The van der Waals surface area contributed by atoms with Crippen LogP contribution in [0.25, 0.3) is 0 Å². The Bertz CT molecular complexity index is 1100. The molecule has 0 bridgehead atoms. The van der Waals surface area contributed by atoms with Gasteiger partial charge in [0.05, 0.1) is 11.6 Å². The molecule has 0 aromatic heterocycles. The Labute approximate surface area is 212 Å². The first-order valence-corrected chi connectivity index (χ1v) is 11.9. The number of ether oxygens (including phenoxy) is 2. The molecule has 0 radical (unpaired) electrons. The second-order valence-electron chi connectivity index (χ2n) is 7.67. The highest BCUT2D eigenvalue weighted by atomic mass is 79.9. The lowest BCUT2D eigenvalue weighted by atomic mass is 10.1. The number of rotatable bonds is 9. The van der Waals surface area contributed by atoms with Crippen LogP contribution in [-0.4, -0.2) is 13.0 Å². The summed E-state index contributed by atoms with van der Waals surface area (Å²) in [6, 6.07) is 16.8. The van der Waals surface area contributed by atoms with E-state index in [0.29, 0.717) is 33.7 Å². The second-order valence-corrected chi connectivity index (χ2v) is 9.34. The summed E-state index contributed by atoms with van der Waals surface area (Å²) in [4.78, 5) is 11.8. The molecule has 1 amide bonds. The van der Waals surface area contributed by atoms with Crippen LogP contribution in [-0.2, 0) is 17.9 Å². The molecule has 3 aromatic carbocycles. The molecule has 0 aliphatic rings. The molecule has 0 fully saturated rings. The predicted molar refractivity (Wildman–Crippen MR) is 139 cm³/mol. The molecule has 0 saturated carbocycles. The number of halogens is 3. The average Bonchev–Trinajstić information content (AvgIpc) is 2.78. The first-order chi connectivity index (χ1) is 15.8. The fraction of sp³-hybridized carbons (Fsp3) is 0.240. The quantitative estimate of drug-likeness (QED) is 0.288. The number of amides is 1. The number of hydrogen-bond donors (Lipinski definition) is 2. The molecule has 3 aromatic rings. The summed E-state index contributed by atoms with van der Waals surface area (Å²) in [5.41, 5.74) is 3.41. The van der Waals surface area contributed by atoms with Gasteiger partial charge in [0.15, 0.2) is 11.5 Å². The van der Waals surface area contributed by atoms with Crippen LogP contribution in [0.3, 0.4) is 0 Å². The standard InChI is InChI=1S/C25H25BrCl2N2O3/c1-15(2)25(31)30-18-9-7-17(8-10-18)29-13-16-11-20(26)24(23(12-16)32-3)33-14-19-21(27)5-4-6-22(19)28/h4-12,15,29H,13-14H2,1-3H3,(H,30,31). The Balaban J connectivity index is 1.66. The average molecular weight is 552 g/mol. The van der Waals surface area contributed by atoms with Crippen molar-refractivity contribution in [1.82, 2.24) is 0 Å². The first-order valence-electron chi connectivity index (χ1n) is 10.4. The summed E-state index contributed by atoms with van der Waals surface area (Å²) in [6.45, 7) is 4.51. The van der Waals surface area contributed by atoms with E-state index in [1.807, 2.05) is 50.2 Å². The van der Waals surface area contributed by atoms with Crippen LogP contribution in [0.5, 0.6) is 11.5 Å². The van der Waals surface area contributed by atoms with E-state index in [0.717, 1.165) is 21.4 Å². The molecule has 0 heterocycles. The van der Waals surface area contributed by atoms with E-state index in [-0.39, 0.29) is 18.4 Å².